The van der Waals surface area contributed by atoms with Gasteiger partial charge >= 0.3 is 17.9 Å². The number of carbonyl (C=O) groups excluding carboxylic acids is 2. The van der Waals surface area contributed by atoms with Crippen LogP contribution in [0, 0.1) is 17.1 Å². The van der Waals surface area contributed by atoms with Crippen molar-refractivity contribution in [3.63, 3.8) is 0 Å². The van der Waals surface area contributed by atoms with Crippen molar-refractivity contribution < 1.29 is 38.5 Å². The number of nitrogen functional groups attached to an aromatic ring is 1. The van der Waals surface area contributed by atoms with Gasteiger partial charge in [0.05, 0.1) is 17.9 Å². The Kier molecular flexibility index (Phi) is 8.83. The van der Waals surface area contributed by atoms with Crippen LogP contribution < -0.4 is 10.5 Å². The monoisotopic (exact) mass is 507 g/mol. The molecule has 0 bridgehead atoms. The highest BCUT2D eigenvalue weighted by Gasteiger charge is 2.36. The summed E-state index contributed by atoms with van der Waals surface area (Å²) >= 11 is 1.08. The molecular weight excluding hydrogens is 481 g/mol. The smallest absolute Gasteiger partial charge is 0.353 e. The molecule has 12 heteroatoms. The SMILES string of the molecule is CN(Cc1ccc(C(=O)Oc2ccc(C(=N)N)cc2F)s1)C(C)(C)C(=O)C[C@@H](CC(=O)O)C(=O)O. The van der Waals surface area contributed by atoms with Gasteiger partial charge < -0.3 is 20.7 Å². The molecule has 188 valence electrons. The molecular formula is C23H26FN3O7S. The number of nitrogens with zero attached hydrogens (tertiary/aromatic N) is 1. The molecule has 5 N–H and O–H groups in total. The van der Waals surface area contributed by atoms with Gasteiger partial charge in [-0.25, -0.2) is 9.18 Å². The molecule has 1 aromatic carbocycles. The number of carboxylic acid groups (broad SMARTS) is 2. The molecule has 2 aromatic rings. The molecule has 2 rings (SSSR count). The first-order valence-corrected chi connectivity index (χ1v) is 11.2. The zero-order valence-corrected chi connectivity index (χ0v) is 20.1. The minimum absolute atomic E-state index is 0.151. The predicted molar refractivity (Wildman–Crippen MR) is 125 cm³/mol. The van der Waals surface area contributed by atoms with E-state index in [1.807, 2.05) is 0 Å². The number of benzene rings is 1. The maximum Gasteiger partial charge on any atom is 0.353 e. The number of rotatable bonds is 12. The molecule has 35 heavy (non-hydrogen) atoms. The third kappa shape index (κ3) is 7.17. The lowest BCUT2D eigenvalue weighted by molar-refractivity contribution is -0.150. The lowest BCUT2D eigenvalue weighted by Gasteiger charge is -2.34. The van der Waals surface area contributed by atoms with Crippen molar-refractivity contribution in [1.82, 2.24) is 4.90 Å². The molecule has 0 saturated heterocycles. The minimum atomic E-state index is -1.35. The zero-order chi connectivity index (χ0) is 26.5. The average molecular weight is 508 g/mol. The van der Waals surface area contributed by atoms with Crippen LogP contribution in [0.4, 0.5) is 4.39 Å². The minimum Gasteiger partial charge on any atom is -0.481 e. The number of carbonyl (C=O) groups is 4. The van der Waals surface area contributed by atoms with Crippen LogP contribution in [-0.4, -0.2) is 57.2 Å². The summed E-state index contributed by atoms with van der Waals surface area (Å²) in [6.45, 7) is 3.44. The first-order chi connectivity index (χ1) is 16.2. The number of aliphatic carboxylic acids is 2. The predicted octanol–water partition coefficient (Wildman–Crippen LogP) is 2.74. The number of esters is 1. The zero-order valence-electron chi connectivity index (χ0n) is 19.3. The Balaban J connectivity index is 2.06. The van der Waals surface area contributed by atoms with Gasteiger partial charge in [0.15, 0.2) is 17.3 Å². The highest BCUT2D eigenvalue weighted by Crippen LogP contribution is 2.26. The molecule has 0 aliphatic rings. The fourth-order valence-corrected chi connectivity index (χ4v) is 3.99. The summed E-state index contributed by atoms with van der Waals surface area (Å²) in [6, 6.07) is 6.70. The summed E-state index contributed by atoms with van der Waals surface area (Å²) in [4.78, 5) is 50.0. The van der Waals surface area contributed by atoms with Gasteiger partial charge in [-0.15, -0.1) is 11.3 Å². The Morgan fingerprint density at radius 2 is 1.83 bits per heavy atom. The Hall–Kier alpha value is -3.64. The number of nitrogens with two attached hydrogens (primary N) is 1. The van der Waals surface area contributed by atoms with Crippen molar-refractivity contribution in [3.05, 3.63) is 51.5 Å². The lowest BCUT2D eigenvalue weighted by atomic mass is 9.88. The van der Waals surface area contributed by atoms with Crippen molar-refractivity contribution in [3.8, 4) is 5.75 Å². The number of halogens is 1. The largest absolute Gasteiger partial charge is 0.481 e. The van der Waals surface area contributed by atoms with E-state index >= 15 is 0 Å². The van der Waals surface area contributed by atoms with Crippen LogP contribution in [0.1, 0.15) is 46.8 Å². The Morgan fingerprint density at radius 1 is 1.17 bits per heavy atom. The van der Waals surface area contributed by atoms with Crippen molar-refractivity contribution in [2.24, 2.45) is 11.7 Å². The topological polar surface area (TPSA) is 171 Å². The number of carboxylic acids is 2. The number of Topliss-reactive ketones (excluding diaryl/α,β-unsaturated/α-hetero) is 1. The summed E-state index contributed by atoms with van der Waals surface area (Å²) in [5.74, 6) is -6.69. The van der Waals surface area contributed by atoms with Crippen molar-refractivity contribution in [2.45, 2.75) is 38.8 Å². The van der Waals surface area contributed by atoms with E-state index in [-0.39, 0.29) is 28.6 Å². The number of nitrogens with one attached hydrogen (secondary N) is 1. The van der Waals surface area contributed by atoms with Crippen LogP contribution in [0.5, 0.6) is 5.75 Å². The van der Waals surface area contributed by atoms with Crippen LogP contribution >= 0.6 is 11.3 Å². The van der Waals surface area contributed by atoms with Gasteiger partial charge in [0.2, 0.25) is 0 Å². The average Bonchev–Trinajstić information content (AvgIpc) is 3.22. The molecule has 0 saturated carbocycles. The number of likely N-dealkylation sites (N-methyl/N-ethyl adjacent to an activating group) is 1. The molecule has 0 fully saturated rings. The van der Waals surface area contributed by atoms with E-state index in [0.29, 0.717) is 4.88 Å². The van der Waals surface area contributed by atoms with Crippen molar-refractivity contribution in [2.75, 3.05) is 7.05 Å². The third-order valence-corrected chi connectivity index (χ3v) is 6.59. The van der Waals surface area contributed by atoms with Gasteiger partial charge in [0.1, 0.15) is 10.7 Å². The van der Waals surface area contributed by atoms with E-state index in [2.05, 4.69) is 0 Å². The molecule has 0 aliphatic heterocycles. The normalized spacial score (nSPS) is 12.3. The van der Waals surface area contributed by atoms with Crippen molar-refractivity contribution >= 4 is 40.9 Å². The number of ketones is 1. The number of amidine groups is 1. The standard InChI is InChI=1S/C23H26FN3O7S/c1-23(2,18(28)9-13(21(31)32)10-19(29)30)27(3)11-14-5-7-17(35-14)22(33)34-16-6-4-12(20(25)26)8-15(16)24/h4-8,13H,9-11H2,1-3H3,(H3,25,26)(H,29,30)(H,31,32)/t13-/m0/s1. The van der Waals surface area contributed by atoms with Gasteiger partial charge in [0.25, 0.3) is 0 Å². The van der Waals surface area contributed by atoms with E-state index < -0.39 is 53.8 Å². The van der Waals surface area contributed by atoms with Crippen LogP contribution in [0.25, 0.3) is 0 Å². The quantitative estimate of drug-likeness (QED) is 0.146. The molecule has 1 atom stereocenters. The Bertz CT molecular complexity index is 1160. The summed E-state index contributed by atoms with van der Waals surface area (Å²) < 4.78 is 19.2. The molecule has 1 aromatic heterocycles. The number of hydrogen-bond acceptors (Lipinski definition) is 8. The van der Waals surface area contributed by atoms with Gasteiger partial charge in [-0.2, -0.15) is 0 Å². The molecule has 0 aliphatic carbocycles. The summed E-state index contributed by atoms with van der Waals surface area (Å²) in [7, 11) is 1.65. The van der Waals surface area contributed by atoms with Crippen LogP contribution in [-0.2, 0) is 20.9 Å². The number of thiophene rings is 1. The van der Waals surface area contributed by atoms with Gasteiger partial charge in [-0.1, -0.05) is 0 Å². The second-order valence-corrected chi connectivity index (χ2v) is 9.56. The van der Waals surface area contributed by atoms with Crippen LogP contribution in [0.2, 0.25) is 0 Å². The second-order valence-electron chi connectivity index (χ2n) is 8.39. The first kappa shape index (κ1) is 27.6. The maximum absolute atomic E-state index is 14.1. The lowest BCUT2D eigenvalue weighted by Crippen LogP contribution is -2.48. The van der Waals surface area contributed by atoms with Crippen LogP contribution in [0.15, 0.2) is 30.3 Å². The second kappa shape index (κ2) is 11.2. The molecule has 0 amide bonds. The van der Waals surface area contributed by atoms with Crippen LogP contribution in [0.3, 0.4) is 0 Å². The van der Waals surface area contributed by atoms with Gasteiger partial charge in [-0.3, -0.25) is 24.7 Å². The summed E-state index contributed by atoms with van der Waals surface area (Å²) in [5.41, 5.74) is 4.35. The van der Waals surface area contributed by atoms with E-state index in [9.17, 15) is 28.7 Å². The molecule has 1 heterocycles. The summed E-state index contributed by atoms with van der Waals surface area (Å²) in [5, 5.41) is 25.4. The van der Waals surface area contributed by atoms with E-state index in [4.69, 9.17) is 21.0 Å². The first-order valence-electron chi connectivity index (χ1n) is 10.4. The molecule has 0 radical (unpaired) electrons. The van der Waals surface area contributed by atoms with Gasteiger partial charge in [0, 0.05) is 23.4 Å². The summed E-state index contributed by atoms with van der Waals surface area (Å²) in [6.07, 6.45) is -1.09. The molecule has 0 spiro atoms. The Morgan fingerprint density at radius 3 is 2.37 bits per heavy atom. The van der Waals surface area contributed by atoms with E-state index in [1.165, 1.54) is 18.2 Å². The highest BCUT2D eigenvalue weighted by atomic mass is 32.1. The third-order valence-electron chi connectivity index (χ3n) is 5.54. The maximum atomic E-state index is 14.1. The molecule has 0 unspecified atom stereocenters. The van der Waals surface area contributed by atoms with E-state index in [1.54, 1.807) is 31.9 Å². The van der Waals surface area contributed by atoms with E-state index in [0.717, 1.165) is 17.4 Å². The number of ether oxygens (including phenoxy) is 1. The Labute approximate surface area is 204 Å². The molecule has 10 nitrogen and oxygen atoms in total. The van der Waals surface area contributed by atoms with Crippen molar-refractivity contribution in [1.29, 1.82) is 5.41 Å². The highest BCUT2D eigenvalue weighted by molar-refractivity contribution is 7.13. The van der Waals surface area contributed by atoms with Gasteiger partial charge in [-0.05, 0) is 51.2 Å². The number of hydrogen-bond donors (Lipinski definition) is 4. The fraction of sp³-hybridized carbons (Fsp3) is 0.348. The fourth-order valence-electron chi connectivity index (χ4n) is 3.05.